The zero-order chi connectivity index (χ0) is 19.3. The number of carboxylic acid groups (broad SMARTS) is 1. The fourth-order valence-corrected chi connectivity index (χ4v) is 2.48. The minimum absolute atomic E-state index is 0.00375. The highest BCUT2D eigenvalue weighted by Crippen LogP contribution is 2.40. The van der Waals surface area contributed by atoms with E-state index in [9.17, 15) is 19.1 Å². The fourth-order valence-electron chi connectivity index (χ4n) is 2.48. The number of hydrogen-bond donors (Lipinski definition) is 1. The Morgan fingerprint density at radius 2 is 1.62 bits per heavy atom. The number of halogens is 1. The van der Waals surface area contributed by atoms with Crippen molar-refractivity contribution in [1.82, 2.24) is 0 Å². The summed E-state index contributed by atoms with van der Waals surface area (Å²) in [5.41, 5.74) is 0.632. The van der Waals surface area contributed by atoms with Gasteiger partial charge in [0.2, 0.25) is 0 Å². The Bertz CT molecular complexity index is 804. The molecule has 0 unspecified atom stereocenters. The van der Waals surface area contributed by atoms with E-state index in [0.717, 1.165) is 13.2 Å². The van der Waals surface area contributed by atoms with Crippen molar-refractivity contribution in [3.63, 3.8) is 0 Å². The van der Waals surface area contributed by atoms with Gasteiger partial charge in [0.05, 0.1) is 37.0 Å². The van der Waals surface area contributed by atoms with Crippen LogP contribution in [0, 0.1) is 5.82 Å². The van der Waals surface area contributed by atoms with E-state index < -0.39 is 17.8 Å². The topological polar surface area (TPSA) is 82.1 Å². The van der Waals surface area contributed by atoms with Crippen molar-refractivity contribution in [1.29, 1.82) is 0 Å². The summed E-state index contributed by atoms with van der Waals surface area (Å²) in [5.74, 6) is -2.15. The highest BCUT2D eigenvalue weighted by atomic mass is 19.1. The molecule has 0 radical (unpaired) electrons. The summed E-state index contributed by atoms with van der Waals surface area (Å²) in [7, 11) is 1.16. The molecule has 2 rings (SSSR count). The maximum absolute atomic E-state index is 13.9. The number of carbonyl (C=O) groups is 2. The van der Waals surface area contributed by atoms with Crippen molar-refractivity contribution in [2.24, 2.45) is 0 Å². The van der Waals surface area contributed by atoms with Gasteiger partial charge in [-0.15, -0.1) is 0 Å². The first-order valence-corrected chi connectivity index (χ1v) is 7.98. The van der Waals surface area contributed by atoms with Gasteiger partial charge in [-0.3, -0.25) is 0 Å². The number of carboxylic acids is 1. The van der Waals surface area contributed by atoms with Crippen molar-refractivity contribution in [2.45, 2.75) is 13.8 Å². The maximum atomic E-state index is 13.9. The number of hydrogen-bond acceptors (Lipinski definition) is 5. The number of rotatable bonds is 7. The van der Waals surface area contributed by atoms with E-state index in [1.807, 2.05) is 0 Å². The molecule has 0 amide bonds. The summed E-state index contributed by atoms with van der Waals surface area (Å²) in [6.07, 6.45) is 0. The molecule has 0 aliphatic rings. The molecule has 138 valence electrons. The number of esters is 1. The molecular weight excluding hydrogens is 343 g/mol. The summed E-state index contributed by atoms with van der Waals surface area (Å²) in [4.78, 5) is 23.1. The van der Waals surface area contributed by atoms with Gasteiger partial charge in [0.15, 0.2) is 0 Å². The minimum Gasteiger partial charge on any atom is -0.493 e. The molecule has 0 fully saturated rings. The summed E-state index contributed by atoms with van der Waals surface area (Å²) in [6.45, 7) is 4.07. The first-order chi connectivity index (χ1) is 12.4. The number of aromatic carboxylic acids is 1. The van der Waals surface area contributed by atoms with Crippen LogP contribution in [0.25, 0.3) is 11.1 Å². The molecule has 0 saturated heterocycles. The second-order valence-electron chi connectivity index (χ2n) is 5.20. The number of carbonyl (C=O) groups excluding carboxylic acids is 1. The van der Waals surface area contributed by atoms with Gasteiger partial charge >= 0.3 is 11.9 Å². The van der Waals surface area contributed by atoms with Crippen LogP contribution in [0.3, 0.4) is 0 Å². The van der Waals surface area contributed by atoms with Crippen LogP contribution in [0.15, 0.2) is 30.3 Å². The van der Waals surface area contributed by atoms with E-state index in [1.54, 1.807) is 13.8 Å². The largest absolute Gasteiger partial charge is 0.493 e. The van der Waals surface area contributed by atoms with Gasteiger partial charge in [-0.1, -0.05) is 6.07 Å². The van der Waals surface area contributed by atoms with Crippen molar-refractivity contribution in [3.8, 4) is 22.6 Å². The van der Waals surface area contributed by atoms with Crippen LogP contribution in [-0.2, 0) is 4.74 Å². The zero-order valence-corrected chi connectivity index (χ0v) is 14.7. The average Bonchev–Trinajstić information content (AvgIpc) is 2.62. The van der Waals surface area contributed by atoms with Gasteiger partial charge in [-0.2, -0.15) is 0 Å². The van der Waals surface area contributed by atoms with Crippen LogP contribution in [0.1, 0.15) is 34.6 Å². The summed E-state index contributed by atoms with van der Waals surface area (Å²) < 4.78 is 29.7. The quantitative estimate of drug-likeness (QED) is 0.755. The van der Waals surface area contributed by atoms with Crippen molar-refractivity contribution < 1.29 is 33.3 Å². The third kappa shape index (κ3) is 3.93. The van der Waals surface area contributed by atoms with Crippen LogP contribution in [0.4, 0.5) is 4.39 Å². The van der Waals surface area contributed by atoms with Gasteiger partial charge in [0.1, 0.15) is 17.3 Å². The molecule has 0 aliphatic heterocycles. The second kappa shape index (κ2) is 8.33. The molecule has 0 saturated carbocycles. The molecule has 1 N–H and O–H groups in total. The Hall–Kier alpha value is -3.09. The fraction of sp³-hybridized carbons (Fsp3) is 0.263. The van der Waals surface area contributed by atoms with Gasteiger partial charge < -0.3 is 19.3 Å². The predicted octanol–water partition coefficient (Wildman–Crippen LogP) is 3.77. The lowest BCUT2D eigenvalue weighted by atomic mass is 9.98. The molecule has 2 aromatic carbocycles. The third-order valence-electron chi connectivity index (χ3n) is 3.57. The Labute approximate surface area is 150 Å². The van der Waals surface area contributed by atoms with Crippen LogP contribution in [0.2, 0.25) is 0 Å². The van der Waals surface area contributed by atoms with E-state index in [-0.39, 0.29) is 35.8 Å². The summed E-state index contributed by atoms with van der Waals surface area (Å²) >= 11 is 0. The molecule has 0 heterocycles. The van der Waals surface area contributed by atoms with Crippen LogP contribution in [0.5, 0.6) is 11.5 Å². The molecule has 0 aliphatic carbocycles. The van der Waals surface area contributed by atoms with E-state index in [4.69, 9.17) is 9.47 Å². The second-order valence-corrected chi connectivity index (χ2v) is 5.20. The molecule has 0 spiro atoms. The normalized spacial score (nSPS) is 10.3. The van der Waals surface area contributed by atoms with E-state index >= 15 is 0 Å². The lowest BCUT2D eigenvalue weighted by molar-refractivity contribution is 0.0594. The number of ether oxygens (including phenoxy) is 3. The zero-order valence-electron chi connectivity index (χ0n) is 14.7. The van der Waals surface area contributed by atoms with Gasteiger partial charge in [-0.25, -0.2) is 14.0 Å². The molecule has 6 nitrogen and oxygen atoms in total. The van der Waals surface area contributed by atoms with Crippen molar-refractivity contribution >= 4 is 11.9 Å². The van der Waals surface area contributed by atoms with Crippen LogP contribution < -0.4 is 9.47 Å². The first-order valence-electron chi connectivity index (χ1n) is 7.98. The van der Waals surface area contributed by atoms with E-state index in [1.165, 1.54) is 24.3 Å². The van der Waals surface area contributed by atoms with Crippen LogP contribution in [-0.4, -0.2) is 37.4 Å². The standard InChI is InChI=1S/C19H19FO6/c1-4-25-15-9-12(18(21)22)10-16(26-5-2)17(15)11-6-7-14(20)13(8-11)19(23)24-3/h6-10H,4-5H2,1-3H3,(H,21,22). The Morgan fingerprint density at radius 1 is 1.04 bits per heavy atom. The van der Waals surface area contributed by atoms with Crippen LogP contribution >= 0.6 is 0 Å². The molecule has 0 atom stereocenters. The number of benzene rings is 2. The Kier molecular flexibility index (Phi) is 6.16. The molecule has 2 aromatic rings. The number of methoxy groups -OCH3 is 1. The van der Waals surface area contributed by atoms with Gasteiger partial charge in [-0.05, 0) is 43.7 Å². The first kappa shape index (κ1) is 19.2. The third-order valence-corrected chi connectivity index (χ3v) is 3.57. The lowest BCUT2D eigenvalue weighted by Gasteiger charge is -2.17. The molecule has 0 aromatic heterocycles. The monoisotopic (exact) mass is 362 g/mol. The Morgan fingerprint density at radius 3 is 2.08 bits per heavy atom. The maximum Gasteiger partial charge on any atom is 0.340 e. The highest BCUT2D eigenvalue weighted by molar-refractivity contribution is 5.94. The Balaban J connectivity index is 2.74. The van der Waals surface area contributed by atoms with E-state index in [2.05, 4.69) is 4.74 Å². The SMILES string of the molecule is CCOc1cc(C(=O)O)cc(OCC)c1-c1ccc(F)c(C(=O)OC)c1. The molecule has 7 heteroatoms. The van der Waals surface area contributed by atoms with E-state index in [0.29, 0.717) is 11.1 Å². The smallest absolute Gasteiger partial charge is 0.340 e. The summed E-state index contributed by atoms with van der Waals surface area (Å²) in [6, 6.07) is 6.65. The molecule has 26 heavy (non-hydrogen) atoms. The van der Waals surface area contributed by atoms with Crippen molar-refractivity contribution in [2.75, 3.05) is 20.3 Å². The van der Waals surface area contributed by atoms with Crippen molar-refractivity contribution in [3.05, 3.63) is 47.3 Å². The highest BCUT2D eigenvalue weighted by Gasteiger charge is 2.21. The van der Waals surface area contributed by atoms with Gasteiger partial charge in [0.25, 0.3) is 0 Å². The molecular formula is C19H19FO6. The molecule has 0 bridgehead atoms. The van der Waals surface area contributed by atoms with Gasteiger partial charge in [0, 0.05) is 0 Å². The minimum atomic E-state index is -1.13. The summed E-state index contributed by atoms with van der Waals surface area (Å²) in [5, 5.41) is 9.29. The predicted molar refractivity (Wildman–Crippen MR) is 92.5 cm³/mol. The average molecular weight is 362 g/mol. The lowest BCUT2D eigenvalue weighted by Crippen LogP contribution is -2.06.